The van der Waals surface area contributed by atoms with Gasteiger partial charge in [0.2, 0.25) is 10.0 Å². The fourth-order valence-electron chi connectivity index (χ4n) is 3.89. The minimum absolute atomic E-state index is 0.142. The lowest BCUT2D eigenvalue weighted by atomic mass is 9.98. The Kier molecular flexibility index (Phi) is 5.80. The molecule has 1 aliphatic carbocycles. The molecule has 28 heavy (non-hydrogen) atoms. The number of benzene rings is 1. The molecule has 0 spiro atoms. The van der Waals surface area contributed by atoms with Crippen LogP contribution < -0.4 is 10.2 Å². The first-order chi connectivity index (χ1) is 13.2. The van der Waals surface area contributed by atoms with Gasteiger partial charge in [-0.1, -0.05) is 17.7 Å². The zero-order valence-electron chi connectivity index (χ0n) is 16.8. The van der Waals surface area contributed by atoms with E-state index >= 15 is 0 Å². The molecule has 8 heteroatoms. The fourth-order valence-corrected chi connectivity index (χ4v) is 5.54. The summed E-state index contributed by atoms with van der Waals surface area (Å²) in [7, 11) is -3.52. The summed E-state index contributed by atoms with van der Waals surface area (Å²) < 4.78 is 27.4. The molecule has 1 atom stereocenters. The Morgan fingerprint density at radius 3 is 2.50 bits per heavy atom. The fraction of sp³-hybridized carbons (Fsp3) is 0.600. The predicted molar refractivity (Wildman–Crippen MR) is 105 cm³/mol. The van der Waals surface area contributed by atoms with Crippen LogP contribution in [0.4, 0.5) is 0 Å². The van der Waals surface area contributed by atoms with Gasteiger partial charge in [-0.05, 0) is 51.2 Å². The number of aryl methyl sites for hydroxylation is 2. The largest absolute Gasteiger partial charge is 0.333 e. The number of nitriles is 1. The third kappa shape index (κ3) is 4.37. The Balaban J connectivity index is 1.57. The van der Waals surface area contributed by atoms with Crippen LogP contribution in [0.1, 0.15) is 30.9 Å². The number of nitrogens with zero attached hydrogens (tertiary/aromatic N) is 2. The lowest BCUT2D eigenvalue weighted by molar-refractivity contribution is -0.895. The second kappa shape index (κ2) is 7.82. The number of rotatable bonds is 6. The second-order valence-corrected chi connectivity index (χ2v) is 10.1. The predicted octanol–water partition coefficient (Wildman–Crippen LogP) is 0.00112. The molecule has 1 aliphatic heterocycles. The average molecular weight is 406 g/mol. The van der Waals surface area contributed by atoms with Gasteiger partial charge < -0.3 is 10.2 Å². The van der Waals surface area contributed by atoms with E-state index in [2.05, 4.69) is 11.4 Å². The molecule has 2 fully saturated rings. The van der Waals surface area contributed by atoms with E-state index in [0.29, 0.717) is 31.1 Å². The van der Waals surface area contributed by atoms with Crippen LogP contribution in [0.5, 0.6) is 0 Å². The van der Waals surface area contributed by atoms with E-state index in [1.54, 1.807) is 13.0 Å². The smallest absolute Gasteiger partial charge is 0.276 e. The van der Waals surface area contributed by atoms with Crippen molar-refractivity contribution in [1.29, 1.82) is 5.26 Å². The first kappa shape index (κ1) is 20.8. The monoisotopic (exact) mass is 405 g/mol. The minimum Gasteiger partial charge on any atom is -0.333 e. The van der Waals surface area contributed by atoms with E-state index in [1.165, 1.54) is 4.31 Å². The Morgan fingerprint density at radius 2 is 1.96 bits per heavy atom. The van der Waals surface area contributed by atoms with Crippen molar-refractivity contribution in [2.24, 2.45) is 5.92 Å². The standard InChI is InChI=1S/C20H28N4O3S/c1-15-4-7-18(16(2)12-15)28(26,27)24-10-8-23(9-11-24)13-19(25)22-20(3,14-21)17-5-6-17/h4,7,12,17H,5-6,8-11,13H2,1-3H3,(H,22,25)/p+1/t20-/m1/s1. The quantitative estimate of drug-likeness (QED) is 0.697. The van der Waals surface area contributed by atoms with Crippen molar-refractivity contribution in [3.63, 3.8) is 0 Å². The number of amides is 1. The number of piperazine rings is 1. The number of sulfonamides is 1. The van der Waals surface area contributed by atoms with Crippen molar-refractivity contribution in [2.45, 2.75) is 44.0 Å². The zero-order valence-corrected chi connectivity index (χ0v) is 17.6. The Morgan fingerprint density at radius 1 is 1.32 bits per heavy atom. The Bertz CT molecular complexity index is 897. The summed E-state index contributed by atoms with van der Waals surface area (Å²) in [6, 6.07) is 7.60. The van der Waals surface area contributed by atoms with Crippen molar-refractivity contribution < 1.29 is 18.1 Å². The molecule has 0 radical (unpaired) electrons. The molecule has 3 rings (SSSR count). The lowest BCUT2D eigenvalue weighted by Gasteiger charge is -2.32. The molecule has 1 aromatic carbocycles. The van der Waals surface area contributed by atoms with Gasteiger partial charge in [-0.3, -0.25) is 4.79 Å². The van der Waals surface area contributed by atoms with Crippen molar-refractivity contribution in [2.75, 3.05) is 32.7 Å². The molecule has 1 amide bonds. The lowest BCUT2D eigenvalue weighted by Crippen LogP contribution is -3.16. The van der Waals surface area contributed by atoms with Crippen LogP contribution in [0.15, 0.2) is 23.1 Å². The summed E-state index contributed by atoms with van der Waals surface area (Å²) >= 11 is 0. The molecule has 1 saturated carbocycles. The van der Waals surface area contributed by atoms with E-state index in [1.807, 2.05) is 26.0 Å². The average Bonchev–Trinajstić information content (AvgIpc) is 3.47. The van der Waals surface area contributed by atoms with Crippen LogP contribution in [0.25, 0.3) is 0 Å². The zero-order chi connectivity index (χ0) is 20.5. The van der Waals surface area contributed by atoms with Crippen molar-refractivity contribution in [3.8, 4) is 6.07 Å². The van der Waals surface area contributed by atoms with Crippen LogP contribution in [0.3, 0.4) is 0 Å². The summed E-state index contributed by atoms with van der Waals surface area (Å²) in [4.78, 5) is 13.8. The minimum atomic E-state index is -3.52. The first-order valence-corrected chi connectivity index (χ1v) is 11.2. The summed E-state index contributed by atoms with van der Waals surface area (Å²) in [5.41, 5.74) is 1.00. The second-order valence-electron chi connectivity index (χ2n) is 8.24. The highest BCUT2D eigenvalue weighted by Gasteiger charge is 2.43. The number of carbonyl (C=O) groups excluding carboxylic acids is 1. The van der Waals surface area contributed by atoms with E-state index in [4.69, 9.17) is 0 Å². The molecule has 1 heterocycles. The van der Waals surface area contributed by atoms with Gasteiger partial charge in [-0.25, -0.2) is 8.42 Å². The van der Waals surface area contributed by atoms with Crippen LogP contribution >= 0.6 is 0 Å². The van der Waals surface area contributed by atoms with Crippen LogP contribution in [-0.2, 0) is 14.8 Å². The molecule has 0 bridgehead atoms. The van der Waals surface area contributed by atoms with Crippen LogP contribution in [0, 0.1) is 31.1 Å². The number of nitrogens with one attached hydrogen (secondary N) is 2. The first-order valence-electron chi connectivity index (χ1n) is 9.79. The highest BCUT2D eigenvalue weighted by molar-refractivity contribution is 7.89. The third-order valence-electron chi connectivity index (χ3n) is 5.81. The van der Waals surface area contributed by atoms with E-state index in [-0.39, 0.29) is 18.4 Å². The van der Waals surface area contributed by atoms with Crippen molar-refractivity contribution in [1.82, 2.24) is 9.62 Å². The molecular weight excluding hydrogens is 376 g/mol. The van der Waals surface area contributed by atoms with Gasteiger partial charge >= 0.3 is 0 Å². The molecule has 0 unspecified atom stereocenters. The molecule has 0 aromatic heterocycles. The van der Waals surface area contributed by atoms with E-state index < -0.39 is 15.6 Å². The number of hydrogen-bond acceptors (Lipinski definition) is 4. The summed E-state index contributed by atoms with van der Waals surface area (Å²) in [5, 5.41) is 12.3. The van der Waals surface area contributed by atoms with Crippen molar-refractivity contribution >= 4 is 15.9 Å². The van der Waals surface area contributed by atoms with Gasteiger partial charge in [-0.15, -0.1) is 0 Å². The third-order valence-corrected chi connectivity index (χ3v) is 7.87. The summed E-state index contributed by atoms with van der Waals surface area (Å²) in [5.74, 6) is 0.104. The van der Waals surface area contributed by atoms with E-state index in [0.717, 1.165) is 28.9 Å². The SMILES string of the molecule is Cc1ccc(S(=O)(=O)N2CC[NH+](CC(=O)N[C@](C)(C#N)C3CC3)CC2)c(C)c1. The maximum Gasteiger partial charge on any atom is 0.276 e. The van der Waals surface area contributed by atoms with Gasteiger partial charge in [0.15, 0.2) is 6.54 Å². The maximum absolute atomic E-state index is 13.0. The normalized spacial score (nSPS) is 20.9. The van der Waals surface area contributed by atoms with Gasteiger partial charge in [0.25, 0.3) is 5.91 Å². The molecule has 7 nitrogen and oxygen atoms in total. The van der Waals surface area contributed by atoms with Crippen LogP contribution in [0.2, 0.25) is 0 Å². The van der Waals surface area contributed by atoms with Gasteiger partial charge in [0, 0.05) is 0 Å². The van der Waals surface area contributed by atoms with E-state index in [9.17, 15) is 18.5 Å². The Labute approximate surface area is 167 Å². The number of carbonyl (C=O) groups is 1. The molecule has 2 aliphatic rings. The van der Waals surface area contributed by atoms with Gasteiger partial charge in [-0.2, -0.15) is 9.57 Å². The highest BCUT2D eigenvalue weighted by atomic mass is 32.2. The maximum atomic E-state index is 13.0. The van der Waals surface area contributed by atoms with Crippen molar-refractivity contribution in [3.05, 3.63) is 29.3 Å². The number of hydrogen-bond donors (Lipinski definition) is 2. The van der Waals surface area contributed by atoms with Crippen LogP contribution in [-0.4, -0.2) is 56.9 Å². The Hall–Kier alpha value is -1.95. The summed E-state index contributed by atoms with van der Waals surface area (Å²) in [6.45, 7) is 7.73. The van der Waals surface area contributed by atoms with Gasteiger partial charge in [0.05, 0.1) is 37.1 Å². The van der Waals surface area contributed by atoms with Gasteiger partial charge in [0.1, 0.15) is 5.54 Å². The molecular formula is C20H29N4O3S+. The molecule has 152 valence electrons. The molecule has 1 saturated heterocycles. The summed E-state index contributed by atoms with van der Waals surface area (Å²) in [6.07, 6.45) is 1.96. The number of quaternary nitrogens is 1. The molecule has 1 aromatic rings. The topological polar surface area (TPSA) is 94.7 Å². The molecule has 2 N–H and O–H groups in total. The highest BCUT2D eigenvalue weighted by Crippen LogP contribution is 2.39.